The molecule has 2 fully saturated rings. The Kier molecular flexibility index (Phi) is 6.15. The van der Waals surface area contributed by atoms with E-state index in [1.807, 2.05) is 0 Å². The molecule has 1 aromatic heterocycles. The summed E-state index contributed by atoms with van der Waals surface area (Å²) in [5, 5.41) is 7.85. The first-order valence-corrected chi connectivity index (χ1v) is 11.8. The second kappa shape index (κ2) is 8.72. The lowest BCUT2D eigenvalue weighted by atomic mass is 9.97. The third-order valence-electron chi connectivity index (χ3n) is 5.68. The van der Waals surface area contributed by atoms with Crippen molar-refractivity contribution < 1.29 is 26.7 Å². The Morgan fingerprint density at radius 1 is 1.22 bits per heavy atom. The van der Waals surface area contributed by atoms with Gasteiger partial charge in [0.1, 0.15) is 5.82 Å². The van der Waals surface area contributed by atoms with Gasteiger partial charge in [0, 0.05) is 43.7 Å². The van der Waals surface area contributed by atoms with Crippen molar-refractivity contribution in [3.05, 3.63) is 47.7 Å². The minimum Gasteiger partial charge on any atom is -0.380 e. The lowest BCUT2D eigenvalue weighted by Crippen LogP contribution is -2.30. The number of nitrogens with zero attached hydrogens (tertiary/aromatic N) is 2. The van der Waals surface area contributed by atoms with Crippen molar-refractivity contribution in [1.29, 1.82) is 0 Å². The maximum absolute atomic E-state index is 13.9. The number of carbonyl (C=O) groups excluding carboxylic acids is 1. The molecule has 1 aromatic carbocycles. The predicted molar refractivity (Wildman–Crippen MR) is 115 cm³/mol. The molecule has 2 aliphatic rings. The van der Waals surface area contributed by atoms with Crippen LogP contribution < -0.4 is 15.4 Å². The van der Waals surface area contributed by atoms with Gasteiger partial charge in [-0.2, -0.15) is 0 Å². The number of hydrogen-bond acceptors (Lipinski definition) is 6. The molecule has 4 rings (SSSR count). The summed E-state index contributed by atoms with van der Waals surface area (Å²) < 4.78 is 56.2. The van der Waals surface area contributed by atoms with Crippen LogP contribution >= 0.6 is 0 Å². The van der Waals surface area contributed by atoms with E-state index in [1.54, 1.807) is 17.2 Å². The number of halogens is 2. The summed E-state index contributed by atoms with van der Waals surface area (Å²) in [6.45, 7) is 1.48. The van der Waals surface area contributed by atoms with Gasteiger partial charge in [-0.05, 0) is 36.2 Å². The number of anilines is 2. The Morgan fingerprint density at radius 3 is 2.69 bits per heavy atom. The molecule has 0 atom stereocenters. The van der Waals surface area contributed by atoms with E-state index in [0.717, 1.165) is 5.56 Å². The van der Waals surface area contributed by atoms with Crippen LogP contribution in [-0.2, 0) is 14.8 Å². The van der Waals surface area contributed by atoms with Crippen molar-refractivity contribution in [3.8, 4) is 0 Å². The number of primary sulfonamides is 1. The van der Waals surface area contributed by atoms with Crippen molar-refractivity contribution in [1.82, 2.24) is 4.98 Å². The molecule has 8 nitrogen and oxygen atoms in total. The molecule has 0 bridgehead atoms. The van der Waals surface area contributed by atoms with Crippen molar-refractivity contribution in [3.63, 3.8) is 0 Å². The summed E-state index contributed by atoms with van der Waals surface area (Å²) >= 11 is 0. The van der Waals surface area contributed by atoms with Crippen LogP contribution in [0.2, 0.25) is 0 Å². The summed E-state index contributed by atoms with van der Waals surface area (Å²) in [6, 6.07) is 7.30. The Bertz CT molecular complexity index is 1120. The van der Waals surface area contributed by atoms with Gasteiger partial charge in [-0.25, -0.2) is 27.3 Å². The highest BCUT2D eigenvalue weighted by Crippen LogP contribution is 2.32. The standard InChI is InChI=1S/C21H24F2N4O4S/c22-21(23)5-2-7-27(8-6-21)19-18(9-14(11-25-19)15-12-31-13-15)20(28)26-16-3-1-4-17(10-16)32(24,29)30/h1,3-4,9-11,15H,2,5-8,12-13H2,(H,26,28)(H2,24,29,30). The van der Waals surface area contributed by atoms with Gasteiger partial charge in [-0.15, -0.1) is 0 Å². The highest BCUT2D eigenvalue weighted by molar-refractivity contribution is 7.89. The normalized spacial score (nSPS) is 19.2. The van der Waals surface area contributed by atoms with Crippen LogP contribution in [0.15, 0.2) is 41.4 Å². The summed E-state index contributed by atoms with van der Waals surface area (Å²) in [5.41, 5.74) is 1.30. The molecule has 2 saturated heterocycles. The summed E-state index contributed by atoms with van der Waals surface area (Å²) in [7, 11) is -3.94. The summed E-state index contributed by atoms with van der Waals surface area (Å²) in [4.78, 5) is 19.2. The number of sulfonamides is 1. The molecule has 0 radical (unpaired) electrons. The number of aromatic nitrogens is 1. The molecule has 0 spiro atoms. The molecule has 32 heavy (non-hydrogen) atoms. The topological polar surface area (TPSA) is 115 Å². The molecule has 0 saturated carbocycles. The zero-order valence-electron chi connectivity index (χ0n) is 17.3. The number of hydrogen-bond donors (Lipinski definition) is 2. The number of rotatable bonds is 5. The van der Waals surface area contributed by atoms with Gasteiger partial charge >= 0.3 is 0 Å². The van der Waals surface area contributed by atoms with Crippen LogP contribution in [-0.4, -0.2) is 51.5 Å². The molecular formula is C21H24F2N4O4S. The highest BCUT2D eigenvalue weighted by atomic mass is 32.2. The third kappa shape index (κ3) is 5.05. The summed E-state index contributed by atoms with van der Waals surface area (Å²) in [6.07, 6.45) is 1.42. The Morgan fingerprint density at radius 2 is 2.00 bits per heavy atom. The number of amides is 1. The molecular weight excluding hydrogens is 442 g/mol. The van der Waals surface area contributed by atoms with Gasteiger partial charge < -0.3 is 15.0 Å². The molecule has 3 N–H and O–H groups in total. The van der Waals surface area contributed by atoms with E-state index in [9.17, 15) is 22.0 Å². The van der Waals surface area contributed by atoms with Crippen LogP contribution in [0.5, 0.6) is 0 Å². The Balaban J connectivity index is 1.65. The van der Waals surface area contributed by atoms with Gasteiger partial charge in [0.25, 0.3) is 5.91 Å². The molecule has 172 valence electrons. The molecule has 0 aliphatic carbocycles. The fourth-order valence-corrected chi connectivity index (χ4v) is 4.33. The average Bonchev–Trinajstić information content (AvgIpc) is 2.87. The fraction of sp³-hybridized carbons (Fsp3) is 0.429. The van der Waals surface area contributed by atoms with Crippen LogP contribution in [0.3, 0.4) is 0 Å². The number of benzene rings is 1. The van der Waals surface area contributed by atoms with Gasteiger partial charge in [-0.3, -0.25) is 4.79 Å². The number of nitrogens with one attached hydrogen (secondary N) is 1. The Labute approximate surface area is 184 Å². The van der Waals surface area contributed by atoms with Gasteiger partial charge in [0.15, 0.2) is 0 Å². The van der Waals surface area contributed by atoms with E-state index in [4.69, 9.17) is 9.88 Å². The largest absolute Gasteiger partial charge is 0.380 e. The van der Waals surface area contributed by atoms with Crippen LogP contribution in [0, 0.1) is 0 Å². The van der Waals surface area contributed by atoms with Gasteiger partial charge in [0.05, 0.1) is 23.7 Å². The lowest BCUT2D eigenvalue weighted by molar-refractivity contribution is -0.0102. The number of pyridine rings is 1. The van der Waals surface area contributed by atoms with Gasteiger partial charge in [0.2, 0.25) is 15.9 Å². The van der Waals surface area contributed by atoms with Gasteiger partial charge in [-0.1, -0.05) is 6.07 Å². The monoisotopic (exact) mass is 466 g/mol. The fourth-order valence-electron chi connectivity index (χ4n) is 3.77. The molecule has 2 aromatic rings. The second-order valence-corrected chi connectivity index (χ2v) is 9.66. The van der Waals surface area contributed by atoms with E-state index in [0.29, 0.717) is 25.6 Å². The molecule has 3 heterocycles. The van der Waals surface area contributed by atoms with Crippen LogP contribution in [0.1, 0.15) is 41.1 Å². The quantitative estimate of drug-likeness (QED) is 0.700. The van der Waals surface area contributed by atoms with E-state index in [1.165, 1.54) is 24.3 Å². The first-order valence-electron chi connectivity index (χ1n) is 10.3. The van der Waals surface area contributed by atoms with Crippen LogP contribution in [0.4, 0.5) is 20.3 Å². The van der Waals surface area contributed by atoms with Crippen molar-refractivity contribution in [2.45, 2.75) is 36.0 Å². The second-order valence-electron chi connectivity index (χ2n) is 8.10. The molecule has 0 unspecified atom stereocenters. The minimum atomic E-state index is -3.94. The van der Waals surface area contributed by atoms with Crippen molar-refractivity contribution in [2.24, 2.45) is 5.14 Å². The maximum Gasteiger partial charge on any atom is 0.259 e. The maximum atomic E-state index is 13.9. The lowest BCUT2D eigenvalue weighted by Gasteiger charge is -2.28. The molecule has 2 aliphatic heterocycles. The molecule has 11 heteroatoms. The van der Waals surface area contributed by atoms with E-state index < -0.39 is 21.9 Å². The van der Waals surface area contributed by atoms with E-state index in [2.05, 4.69) is 10.3 Å². The minimum absolute atomic E-state index is 0.0765. The average molecular weight is 467 g/mol. The summed E-state index contributed by atoms with van der Waals surface area (Å²) in [5.74, 6) is -2.82. The number of nitrogens with two attached hydrogens (primary N) is 1. The first-order chi connectivity index (χ1) is 15.1. The SMILES string of the molecule is NS(=O)(=O)c1cccc(NC(=O)c2cc(C3COC3)cnc2N2CCCC(F)(F)CC2)c1. The molecule has 1 amide bonds. The zero-order chi connectivity index (χ0) is 22.9. The first kappa shape index (κ1) is 22.6. The van der Waals surface area contributed by atoms with Crippen molar-refractivity contribution in [2.75, 3.05) is 36.5 Å². The zero-order valence-corrected chi connectivity index (χ0v) is 18.1. The van der Waals surface area contributed by atoms with Crippen molar-refractivity contribution >= 4 is 27.4 Å². The number of carbonyl (C=O) groups is 1. The predicted octanol–water partition coefficient (Wildman–Crippen LogP) is 2.72. The number of ether oxygens (including phenoxy) is 1. The third-order valence-corrected chi connectivity index (χ3v) is 6.59. The van der Waals surface area contributed by atoms with E-state index >= 15 is 0 Å². The highest BCUT2D eigenvalue weighted by Gasteiger charge is 2.33. The number of alkyl halides is 2. The Hall–Kier alpha value is -2.63. The smallest absolute Gasteiger partial charge is 0.259 e. The van der Waals surface area contributed by atoms with E-state index in [-0.39, 0.29) is 47.9 Å². The van der Waals surface area contributed by atoms with Crippen LogP contribution in [0.25, 0.3) is 0 Å².